The van der Waals surface area contributed by atoms with E-state index < -0.39 is 35.0 Å². The lowest BCUT2D eigenvalue weighted by Crippen LogP contribution is -2.29. The zero-order valence-corrected chi connectivity index (χ0v) is 14.7. The number of nitro groups is 1. The minimum Gasteiger partial charge on any atom is -0.337 e. The van der Waals surface area contributed by atoms with E-state index in [1.54, 1.807) is 0 Å². The van der Waals surface area contributed by atoms with Crippen LogP contribution < -0.4 is 0 Å². The zero-order chi connectivity index (χ0) is 21.6. The first-order valence-corrected chi connectivity index (χ1v) is 8.30. The molecule has 4 rings (SSSR count). The van der Waals surface area contributed by atoms with E-state index in [-0.39, 0.29) is 34.1 Å². The van der Waals surface area contributed by atoms with Gasteiger partial charge in [0.05, 0.1) is 21.6 Å². The van der Waals surface area contributed by atoms with E-state index in [9.17, 15) is 32.9 Å². The Kier molecular flexibility index (Phi) is 4.33. The predicted molar refractivity (Wildman–Crippen MR) is 92.0 cm³/mol. The van der Waals surface area contributed by atoms with Crippen LogP contribution in [0.15, 0.2) is 47.0 Å². The molecule has 0 unspecified atom stereocenters. The molecular weight excluding hydrogens is 409 g/mol. The van der Waals surface area contributed by atoms with E-state index in [0.29, 0.717) is 0 Å². The molecule has 0 saturated carbocycles. The number of amides is 2. The van der Waals surface area contributed by atoms with Gasteiger partial charge in [-0.1, -0.05) is 17.3 Å². The number of hydrogen-bond acceptors (Lipinski definition) is 7. The number of imide groups is 1. The van der Waals surface area contributed by atoms with Gasteiger partial charge in [-0.05, 0) is 18.2 Å². The van der Waals surface area contributed by atoms with Gasteiger partial charge < -0.3 is 4.52 Å². The Bertz CT molecular complexity index is 1190. The summed E-state index contributed by atoms with van der Waals surface area (Å²) < 4.78 is 43.0. The Hall–Kier alpha value is -4.09. The smallest absolute Gasteiger partial charge is 0.337 e. The molecule has 152 valence electrons. The number of hydrogen-bond donors (Lipinski definition) is 0. The first kappa shape index (κ1) is 19.2. The third-order valence-electron chi connectivity index (χ3n) is 4.40. The third kappa shape index (κ3) is 3.27. The molecule has 0 spiro atoms. The van der Waals surface area contributed by atoms with Gasteiger partial charge >= 0.3 is 6.18 Å². The molecule has 12 heteroatoms. The molecule has 3 aromatic rings. The summed E-state index contributed by atoms with van der Waals surface area (Å²) in [7, 11) is 0. The number of non-ortho nitro benzene ring substituents is 1. The van der Waals surface area contributed by atoms with Crippen molar-refractivity contribution in [2.24, 2.45) is 0 Å². The zero-order valence-electron chi connectivity index (χ0n) is 14.7. The lowest BCUT2D eigenvalue weighted by molar-refractivity contribution is -0.384. The van der Waals surface area contributed by atoms with Crippen LogP contribution in [0.2, 0.25) is 0 Å². The number of aromatic nitrogens is 2. The number of carbonyl (C=O) groups is 2. The van der Waals surface area contributed by atoms with Crippen LogP contribution in [-0.4, -0.2) is 31.8 Å². The average molecular weight is 418 g/mol. The molecule has 30 heavy (non-hydrogen) atoms. The average Bonchev–Trinajstić information content (AvgIpc) is 3.26. The van der Waals surface area contributed by atoms with Crippen molar-refractivity contribution in [3.63, 3.8) is 0 Å². The van der Waals surface area contributed by atoms with Crippen molar-refractivity contribution in [3.05, 3.63) is 75.2 Å². The molecule has 2 heterocycles. The maximum Gasteiger partial charge on any atom is 0.416 e. The van der Waals surface area contributed by atoms with Crippen LogP contribution in [0, 0.1) is 10.1 Å². The Morgan fingerprint density at radius 3 is 2.33 bits per heavy atom. The van der Waals surface area contributed by atoms with Crippen LogP contribution in [0.25, 0.3) is 11.4 Å². The van der Waals surface area contributed by atoms with Gasteiger partial charge in [-0.15, -0.1) is 0 Å². The van der Waals surface area contributed by atoms with Crippen molar-refractivity contribution in [2.45, 2.75) is 12.7 Å². The monoisotopic (exact) mass is 418 g/mol. The van der Waals surface area contributed by atoms with Crippen LogP contribution in [0.1, 0.15) is 32.2 Å². The molecule has 1 aromatic heterocycles. The fraction of sp³-hybridized carbons (Fsp3) is 0.111. The normalized spacial score (nSPS) is 13.6. The van der Waals surface area contributed by atoms with E-state index in [4.69, 9.17) is 4.52 Å². The Morgan fingerprint density at radius 1 is 1.03 bits per heavy atom. The summed E-state index contributed by atoms with van der Waals surface area (Å²) in [5, 5.41) is 14.5. The molecule has 0 atom stereocenters. The van der Waals surface area contributed by atoms with Gasteiger partial charge in [-0.2, -0.15) is 18.2 Å². The maximum atomic E-state index is 12.7. The standard InChI is InChI=1S/C18H9F3N4O5/c19-18(20,21)10-3-1-9(2-4-10)15-22-14(30-23-15)8-24-16(26)12-6-5-11(25(28)29)7-13(12)17(24)27/h1-7H,8H2. The molecule has 0 N–H and O–H groups in total. The molecular formula is C18H9F3N4O5. The molecule has 1 aliphatic heterocycles. The number of fused-ring (bicyclic) bond motifs is 1. The van der Waals surface area contributed by atoms with E-state index in [1.165, 1.54) is 18.2 Å². The van der Waals surface area contributed by atoms with Crippen molar-refractivity contribution in [1.82, 2.24) is 15.0 Å². The van der Waals surface area contributed by atoms with Crippen LogP contribution in [-0.2, 0) is 12.7 Å². The highest BCUT2D eigenvalue weighted by molar-refractivity contribution is 6.21. The van der Waals surface area contributed by atoms with Crippen LogP contribution in [0.5, 0.6) is 0 Å². The minimum atomic E-state index is -4.48. The number of halogens is 3. The van der Waals surface area contributed by atoms with E-state index in [0.717, 1.165) is 29.2 Å². The summed E-state index contributed by atoms with van der Waals surface area (Å²) in [4.78, 5) is 39.9. The van der Waals surface area contributed by atoms with E-state index in [2.05, 4.69) is 10.1 Å². The SMILES string of the molecule is O=C1c2ccc([N+](=O)[O-])cc2C(=O)N1Cc1nc(-c2ccc(C(F)(F)F)cc2)no1. The molecule has 0 radical (unpaired) electrons. The highest BCUT2D eigenvalue weighted by Crippen LogP contribution is 2.31. The van der Waals surface area contributed by atoms with Crippen LogP contribution in [0.3, 0.4) is 0 Å². The summed E-state index contributed by atoms with van der Waals surface area (Å²) in [6.07, 6.45) is -4.48. The van der Waals surface area contributed by atoms with E-state index in [1.807, 2.05) is 0 Å². The van der Waals surface area contributed by atoms with Gasteiger partial charge in [-0.3, -0.25) is 24.6 Å². The van der Waals surface area contributed by atoms with Crippen molar-refractivity contribution >= 4 is 17.5 Å². The second kappa shape index (κ2) is 6.76. The minimum absolute atomic E-state index is 0.00748. The van der Waals surface area contributed by atoms with Crippen molar-refractivity contribution in [3.8, 4) is 11.4 Å². The number of carbonyl (C=O) groups excluding carboxylic acids is 2. The lowest BCUT2D eigenvalue weighted by Gasteiger charge is -2.09. The van der Waals surface area contributed by atoms with E-state index >= 15 is 0 Å². The topological polar surface area (TPSA) is 119 Å². The second-order valence-corrected chi connectivity index (χ2v) is 6.27. The fourth-order valence-electron chi connectivity index (χ4n) is 2.92. The molecule has 0 saturated heterocycles. The molecule has 0 aliphatic carbocycles. The Labute approximate surface area is 164 Å². The summed E-state index contributed by atoms with van der Waals surface area (Å²) in [6.45, 7) is -0.395. The third-order valence-corrected chi connectivity index (χ3v) is 4.40. The first-order valence-electron chi connectivity index (χ1n) is 8.30. The highest BCUT2D eigenvalue weighted by Gasteiger charge is 2.38. The number of benzene rings is 2. The van der Waals surface area contributed by atoms with Crippen molar-refractivity contribution in [1.29, 1.82) is 0 Å². The lowest BCUT2D eigenvalue weighted by atomic mass is 10.1. The molecule has 2 amide bonds. The summed E-state index contributed by atoms with van der Waals surface area (Å²) in [5.41, 5.74) is -1.03. The highest BCUT2D eigenvalue weighted by atomic mass is 19.4. The number of rotatable bonds is 4. The largest absolute Gasteiger partial charge is 0.416 e. The molecule has 2 aromatic carbocycles. The quantitative estimate of drug-likeness (QED) is 0.362. The van der Waals surface area contributed by atoms with Gasteiger partial charge in [-0.25, -0.2) is 0 Å². The van der Waals surface area contributed by atoms with Gasteiger partial charge in [0.2, 0.25) is 11.7 Å². The maximum absolute atomic E-state index is 12.7. The van der Waals surface area contributed by atoms with Crippen LogP contribution in [0.4, 0.5) is 18.9 Å². The van der Waals surface area contributed by atoms with Crippen LogP contribution >= 0.6 is 0 Å². The summed E-state index contributed by atoms with van der Waals surface area (Å²) >= 11 is 0. The number of alkyl halides is 3. The van der Waals surface area contributed by atoms with Gasteiger partial charge in [0.25, 0.3) is 17.5 Å². The fourth-order valence-corrected chi connectivity index (χ4v) is 2.92. The van der Waals surface area contributed by atoms with Crippen molar-refractivity contribution < 1.29 is 32.2 Å². The summed E-state index contributed by atoms with van der Waals surface area (Å²) in [5.74, 6) is -1.59. The first-order chi connectivity index (χ1) is 14.1. The van der Waals surface area contributed by atoms with Gasteiger partial charge in [0.15, 0.2) is 0 Å². The molecule has 0 fully saturated rings. The Morgan fingerprint density at radius 2 is 1.70 bits per heavy atom. The van der Waals surface area contributed by atoms with Gasteiger partial charge in [0, 0.05) is 17.7 Å². The molecule has 0 bridgehead atoms. The molecule has 9 nitrogen and oxygen atoms in total. The second-order valence-electron chi connectivity index (χ2n) is 6.27. The molecule has 1 aliphatic rings. The number of nitrogens with zero attached hydrogens (tertiary/aromatic N) is 4. The van der Waals surface area contributed by atoms with Crippen molar-refractivity contribution in [2.75, 3.05) is 0 Å². The Balaban J connectivity index is 1.55. The predicted octanol–water partition coefficient (Wildman–Crippen LogP) is 3.46. The van der Waals surface area contributed by atoms with Gasteiger partial charge in [0.1, 0.15) is 6.54 Å². The summed E-state index contributed by atoms with van der Waals surface area (Å²) in [6, 6.07) is 7.37. The number of nitro benzene ring substituents is 1.